The summed E-state index contributed by atoms with van der Waals surface area (Å²) in [4.78, 5) is 28.7. The van der Waals surface area contributed by atoms with E-state index in [2.05, 4.69) is 28.6 Å². The molecule has 1 amide bonds. The van der Waals surface area contributed by atoms with Crippen LogP contribution in [0.15, 0.2) is 35.7 Å². The molecule has 0 aliphatic carbocycles. The Labute approximate surface area is 189 Å². The predicted molar refractivity (Wildman–Crippen MR) is 126 cm³/mol. The molecule has 1 saturated heterocycles. The lowest BCUT2D eigenvalue weighted by Crippen LogP contribution is -2.44. The molecule has 1 atom stereocenters. The number of amides is 1. The van der Waals surface area contributed by atoms with E-state index in [9.17, 15) is 9.59 Å². The maximum Gasteiger partial charge on any atom is 0.220 e. The lowest BCUT2D eigenvalue weighted by molar-refractivity contribution is -0.122. The third-order valence-corrected chi connectivity index (χ3v) is 6.96. The van der Waals surface area contributed by atoms with Crippen LogP contribution in [0.2, 0.25) is 0 Å². The standard InChI is InChI=1S/C25H34N2O3S/c1-19-13-16-31-24(19)17-21(18-27-14-5-6-15-27)26-25(29)8-4-3-7-23(28)20-9-11-22(30-2)12-10-20/h9-13,16,21H,3-8,14-15,17-18H2,1-2H3,(H,26,29)/t21-/m0/s1. The summed E-state index contributed by atoms with van der Waals surface area (Å²) in [6.07, 6.45) is 5.77. The van der Waals surface area contributed by atoms with Gasteiger partial charge < -0.3 is 15.0 Å². The number of ketones is 1. The monoisotopic (exact) mass is 442 g/mol. The van der Waals surface area contributed by atoms with E-state index in [0.29, 0.717) is 18.4 Å². The van der Waals surface area contributed by atoms with Crippen molar-refractivity contribution in [3.63, 3.8) is 0 Å². The van der Waals surface area contributed by atoms with Gasteiger partial charge in [-0.1, -0.05) is 0 Å². The fourth-order valence-electron chi connectivity index (χ4n) is 4.07. The first-order valence-electron chi connectivity index (χ1n) is 11.3. The van der Waals surface area contributed by atoms with Crippen molar-refractivity contribution in [3.8, 4) is 5.75 Å². The summed E-state index contributed by atoms with van der Waals surface area (Å²) in [6, 6.07) is 9.48. The minimum absolute atomic E-state index is 0.0929. The second-order valence-electron chi connectivity index (χ2n) is 8.36. The van der Waals surface area contributed by atoms with E-state index in [1.165, 1.54) is 23.3 Å². The number of aryl methyl sites for hydroxylation is 1. The Kier molecular flexibility index (Phi) is 9.10. The van der Waals surface area contributed by atoms with Crippen LogP contribution in [-0.4, -0.2) is 49.4 Å². The normalized spacial score (nSPS) is 15.0. The van der Waals surface area contributed by atoms with Crippen molar-refractivity contribution in [2.24, 2.45) is 0 Å². The van der Waals surface area contributed by atoms with E-state index in [-0.39, 0.29) is 17.7 Å². The molecule has 6 heteroatoms. The molecule has 0 spiro atoms. The van der Waals surface area contributed by atoms with Gasteiger partial charge in [-0.3, -0.25) is 9.59 Å². The lowest BCUT2D eigenvalue weighted by atomic mass is 10.0. The number of unbranched alkanes of at least 4 members (excludes halogenated alkanes) is 1. The van der Waals surface area contributed by atoms with E-state index >= 15 is 0 Å². The Morgan fingerprint density at radius 3 is 2.45 bits per heavy atom. The summed E-state index contributed by atoms with van der Waals surface area (Å²) in [5, 5.41) is 5.39. The van der Waals surface area contributed by atoms with Crippen molar-refractivity contribution in [2.45, 2.75) is 57.9 Å². The van der Waals surface area contributed by atoms with Crippen molar-refractivity contribution in [1.29, 1.82) is 0 Å². The summed E-state index contributed by atoms with van der Waals surface area (Å²) >= 11 is 1.77. The van der Waals surface area contributed by atoms with Crippen LogP contribution in [0.1, 0.15) is 59.3 Å². The Morgan fingerprint density at radius 2 is 1.81 bits per heavy atom. The molecule has 2 aromatic rings. The Hall–Kier alpha value is -2.18. The van der Waals surface area contributed by atoms with Gasteiger partial charge in [-0.05, 0) is 87.0 Å². The molecule has 2 heterocycles. The van der Waals surface area contributed by atoms with Gasteiger partial charge in [0, 0.05) is 42.3 Å². The number of Topliss-reactive ketones (excluding diaryl/α,β-unsaturated/α-hetero) is 1. The first kappa shape index (κ1) is 23.5. The zero-order valence-electron chi connectivity index (χ0n) is 18.7. The van der Waals surface area contributed by atoms with Crippen LogP contribution in [0.4, 0.5) is 0 Å². The minimum Gasteiger partial charge on any atom is -0.497 e. The molecule has 1 aromatic carbocycles. The van der Waals surface area contributed by atoms with E-state index in [0.717, 1.165) is 44.6 Å². The number of likely N-dealkylation sites (tertiary alicyclic amines) is 1. The van der Waals surface area contributed by atoms with Crippen LogP contribution >= 0.6 is 11.3 Å². The highest BCUT2D eigenvalue weighted by atomic mass is 32.1. The molecule has 1 N–H and O–H groups in total. The third-order valence-electron chi connectivity index (χ3n) is 5.91. The topological polar surface area (TPSA) is 58.6 Å². The van der Waals surface area contributed by atoms with Crippen molar-refractivity contribution in [2.75, 3.05) is 26.7 Å². The molecule has 1 fully saturated rings. The molecule has 0 bridgehead atoms. The van der Waals surface area contributed by atoms with Gasteiger partial charge in [0.1, 0.15) is 5.75 Å². The predicted octanol–water partition coefficient (Wildman–Crippen LogP) is 4.63. The number of hydrogen-bond acceptors (Lipinski definition) is 5. The van der Waals surface area contributed by atoms with Gasteiger partial charge in [-0.15, -0.1) is 11.3 Å². The summed E-state index contributed by atoms with van der Waals surface area (Å²) in [5.74, 6) is 0.952. The van der Waals surface area contributed by atoms with Crippen LogP contribution in [0, 0.1) is 6.92 Å². The molecule has 0 saturated carbocycles. The van der Waals surface area contributed by atoms with Crippen LogP contribution < -0.4 is 10.1 Å². The van der Waals surface area contributed by atoms with Gasteiger partial charge in [-0.25, -0.2) is 0 Å². The van der Waals surface area contributed by atoms with E-state index in [1.807, 2.05) is 0 Å². The molecule has 5 nitrogen and oxygen atoms in total. The van der Waals surface area contributed by atoms with Gasteiger partial charge in [0.2, 0.25) is 5.91 Å². The number of hydrogen-bond donors (Lipinski definition) is 1. The molecule has 0 radical (unpaired) electrons. The summed E-state index contributed by atoms with van der Waals surface area (Å²) in [7, 11) is 1.61. The maximum absolute atomic E-state index is 12.6. The third kappa shape index (κ3) is 7.47. The summed E-state index contributed by atoms with van der Waals surface area (Å²) < 4.78 is 5.13. The summed E-state index contributed by atoms with van der Waals surface area (Å²) in [6.45, 7) is 5.31. The van der Waals surface area contributed by atoms with Crippen LogP contribution in [0.3, 0.4) is 0 Å². The number of nitrogens with zero attached hydrogens (tertiary/aromatic N) is 1. The highest BCUT2D eigenvalue weighted by molar-refractivity contribution is 7.10. The zero-order valence-corrected chi connectivity index (χ0v) is 19.5. The molecule has 1 aliphatic heterocycles. The zero-order chi connectivity index (χ0) is 22.1. The van der Waals surface area contributed by atoms with Crippen molar-refractivity contribution in [1.82, 2.24) is 10.2 Å². The highest BCUT2D eigenvalue weighted by Crippen LogP contribution is 2.19. The fourth-order valence-corrected chi connectivity index (χ4v) is 5.06. The molecule has 3 rings (SSSR count). The van der Waals surface area contributed by atoms with Crippen LogP contribution in [-0.2, 0) is 11.2 Å². The maximum atomic E-state index is 12.6. The number of thiophene rings is 1. The number of rotatable bonds is 12. The smallest absolute Gasteiger partial charge is 0.220 e. The molecule has 1 aromatic heterocycles. The van der Waals surface area contributed by atoms with Crippen molar-refractivity contribution >= 4 is 23.0 Å². The first-order chi connectivity index (χ1) is 15.0. The van der Waals surface area contributed by atoms with Crippen molar-refractivity contribution < 1.29 is 14.3 Å². The highest BCUT2D eigenvalue weighted by Gasteiger charge is 2.20. The molecular formula is C25H34N2O3S. The average Bonchev–Trinajstić information content (AvgIpc) is 3.43. The van der Waals surface area contributed by atoms with Crippen LogP contribution in [0.5, 0.6) is 5.75 Å². The second-order valence-corrected chi connectivity index (χ2v) is 9.36. The second kappa shape index (κ2) is 12.0. The lowest BCUT2D eigenvalue weighted by Gasteiger charge is -2.24. The molecule has 168 valence electrons. The molecule has 31 heavy (non-hydrogen) atoms. The Bertz CT molecular complexity index is 841. The van der Waals surface area contributed by atoms with E-state index in [1.54, 1.807) is 42.7 Å². The number of carbonyl (C=O) groups is 2. The molecule has 0 unspecified atom stereocenters. The van der Waals surface area contributed by atoms with Gasteiger partial charge in [0.25, 0.3) is 0 Å². The number of ether oxygens (including phenoxy) is 1. The van der Waals surface area contributed by atoms with E-state index in [4.69, 9.17) is 4.74 Å². The SMILES string of the molecule is COc1ccc(C(=O)CCCCC(=O)N[C@@H](Cc2sccc2C)CN2CCCC2)cc1. The first-order valence-corrected chi connectivity index (χ1v) is 12.1. The number of benzene rings is 1. The number of methoxy groups -OCH3 is 1. The number of carbonyl (C=O) groups excluding carboxylic acids is 2. The molecule has 1 aliphatic rings. The number of nitrogens with one attached hydrogen (secondary N) is 1. The largest absolute Gasteiger partial charge is 0.497 e. The summed E-state index contributed by atoms with van der Waals surface area (Å²) in [5.41, 5.74) is 2.00. The van der Waals surface area contributed by atoms with Crippen LogP contribution in [0.25, 0.3) is 0 Å². The van der Waals surface area contributed by atoms with Gasteiger partial charge in [0.05, 0.1) is 7.11 Å². The van der Waals surface area contributed by atoms with E-state index < -0.39 is 0 Å². The average molecular weight is 443 g/mol. The van der Waals surface area contributed by atoms with Gasteiger partial charge >= 0.3 is 0 Å². The minimum atomic E-state index is 0.0929. The quantitative estimate of drug-likeness (QED) is 0.385. The molecular weight excluding hydrogens is 408 g/mol. The fraction of sp³-hybridized carbons (Fsp3) is 0.520. The van der Waals surface area contributed by atoms with Gasteiger partial charge in [-0.2, -0.15) is 0 Å². The Morgan fingerprint density at radius 1 is 1.10 bits per heavy atom. The van der Waals surface area contributed by atoms with Gasteiger partial charge in [0.15, 0.2) is 5.78 Å². The Balaban J connectivity index is 1.42. The van der Waals surface area contributed by atoms with Crippen molar-refractivity contribution in [3.05, 3.63) is 51.7 Å².